The average Bonchev–Trinajstić information content (AvgIpc) is 2.89. The van der Waals surface area contributed by atoms with Gasteiger partial charge in [-0.25, -0.2) is 5.84 Å². The number of rotatable bonds is 5. The first-order valence-corrected chi connectivity index (χ1v) is 7.61. The van der Waals surface area contributed by atoms with Crippen molar-refractivity contribution in [3.05, 3.63) is 0 Å². The Kier molecular flexibility index (Phi) is 5.77. The molecule has 0 aliphatic carbocycles. The summed E-state index contributed by atoms with van der Waals surface area (Å²) < 4.78 is 5.75. The van der Waals surface area contributed by atoms with Crippen molar-refractivity contribution in [2.75, 3.05) is 40.3 Å². The number of carbonyl (C=O) groups is 1. The highest BCUT2D eigenvalue weighted by atomic mass is 16.5. The molecule has 2 heterocycles. The predicted octanol–water partition coefficient (Wildman–Crippen LogP) is -0.202. The molecule has 2 rings (SSSR count). The van der Waals surface area contributed by atoms with E-state index in [1.165, 1.54) is 25.9 Å². The Balaban J connectivity index is 1.67. The van der Waals surface area contributed by atoms with Crippen LogP contribution in [0.1, 0.15) is 25.7 Å². The zero-order chi connectivity index (χ0) is 14.5. The monoisotopic (exact) mass is 284 g/mol. The van der Waals surface area contributed by atoms with Crippen LogP contribution in [-0.4, -0.2) is 68.2 Å². The number of nitrogens with one attached hydrogen (secondary N) is 1. The van der Waals surface area contributed by atoms with E-state index in [1.807, 2.05) is 0 Å². The molecule has 6 heteroatoms. The molecule has 0 aromatic rings. The van der Waals surface area contributed by atoms with E-state index in [9.17, 15) is 4.79 Å². The van der Waals surface area contributed by atoms with Gasteiger partial charge in [-0.1, -0.05) is 0 Å². The van der Waals surface area contributed by atoms with E-state index < -0.39 is 0 Å². The third-order valence-corrected chi connectivity index (χ3v) is 4.47. The molecule has 0 saturated carbocycles. The van der Waals surface area contributed by atoms with Crippen LogP contribution < -0.4 is 11.3 Å². The minimum atomic E-state index is -0.360. The van der Waals surface area contributed by atoms with Gasteiger partial charge in [-0.3, -0.25) is 10.2 Å². The van der Waals surface area contributed by atoms with Crippen LogP contribution >= 0.6 is 0 Å². The first kappa shape index (κ1) is 15.7. The zero-order valence-corrected chi connectivity index (χ0v) is 12.7. The van der Waals surface area contributed by atoms with E-state index in [0.29, 0.717) is 0 Å². The van der Waals surface area contributed by atoms with Crippen LogP contribution in [0.3, 0.4) is 0 Å². The molecule has 6 nitrogen and oxygen atoms in total. The number of nitrogens with zero attached hydrogens (tertiary/aromatic N) is 2. The summed E-state index contributed by atoms with van der Waals surface area (Å²) >= 11 is 0. The topological polar surface area (TPSA) is 70.8 Å². The summed E-state index contributed by atoms with van der Waals surface area (Å²) in [6.07, 6.45) is 4.08. The van der Waals surface area contributed by atoms with Crippen LogP contribution in [0.15, 0.2) is 0 Å². The molecule has 0 bridgehead atoms. The molecule has 1 amide bonds. The van der Waals surface area contributed by atoms with Crippen molar-refractivity contribution >= 4 is 5.91 Å². The van der Waals surface area contributed by atoms with Crippen LogP contribution in [-0.2, 0) is 9.53 Å². The van der Waals surface area contributed by atoms with E-state index in [-0.39, 0.29) is 18.1 Å². The number of carbonyl (C=O) groups excluding carboxylic acids is 1. The fraction of sp³-hybridized carbons (Fsp3) is 0.929. The number of likely N-dealkylation sites (N-methyl/N-ethyl adjacent to an activating group) is 1. The summed E-state index contributed by atoms with van der Waals surface area (Å²) in [5, 5.41) is 0. The molecule has 3 N–H and O–H groups in total. The van der Waals surface area contributed by atoms with Gasteiger partial charge in [-0.05, 0) is 58.8 Å². The Morgan fingerprint density at radius 3 is 2.65 bits per heavy atom. The summed E-state index contributed by atoms with van der Waals surface area (Å²) in [6.45, 7) is 4.44. The Morgan fingerprint density at radius 2 is 2.00 bits per heavy atom. The molecule has 2 aliphatic heterocycles. The van der Waals surface area contributed by atoms with Gasteiger partial charge in [-0.15, -0.1) is 0 Å². The standard InChI is InChI=1S/C14H28N4O2/c1-17-7-5-11(6-8-17)9-18(2)10-12-3-4-13(20-12)14(19)16-15/h11-13H,3-10,15H2,1-2H3,(H,16,19). The molecule has 0 radical (unpaired) electrons. The van der Waals surface area contributed by atoms with Gasteiger partial charge < -0.3 is 14.5 Å². The maximum absolute atomic E-state index is 11.4. The van der Waals surface area contributed by atoms with Crippen molar-refractivity contribution in [3.63, 3.8) is 0 Å². The number of hydrogen-bond acceptors (Lipinski definition) is 5. The quantitative estimate of drug-likeness (QED) is 0.415. The van der Waals surface area contributed by atoms with Crippen molar-refractivity contribution in [3.8, 4) is 0 Å². The second kappa shape index (κ2) is 7.36. The molecular weight excluding hydrogens is 256 g/mol. The third-order valence-electron chi connectivity index (χ3n) is 4.47. The third kappa shape index (κ3) is 4.41. The van der Waals surface area contributed by atoms with Crippen LogP contribution in [0.2, 0.25) is 0 Å². The molecule has 20 heavy (non-hydrogen) atoms. The van der Waals surface area contributed by atoms with Gasteiger partial charge in [0.05, 0.1) is 6.10 Å². The van der Waals surface area contributed by atoms with Crippen LogP contribution in [0, 0.1) is 5.92 Å². The van der Waals surface area contributed by atoms with Gasteiger partial charge in [-0.2, -0.15) is 0 Å². The smallest absolute Gasteiger partial charge is 0.263 e. The number of ether oxygens (including phenoxy) is 1. The second-order valence-corrected chi connectivity index (χ2v) is 6.30. The van der Waals surface area contributed by atoms with E-state index in [0.717, 1.165) is 31.8 Å². The van der Waals surface area contributed by atoms with Gasteiger partial charge >= 0.3 is 0 Å². The molecule has 2 unspecified atom stereocenters. The molecule has 2 aliphatic rings. The van der Waals surface area contributed by atoms with Crippen molar-refractivity contribution < 1.29 is 9.53 Å². The van der Waals surface area contributed by atoms with Gasteiger partial charge in [0.25, 0.3) is 5.91 Å². The highest BCUT2D eigenvalue weighted by Gasteiger charge is 2.31. The van der Waals surface area contributed by atoms with Crippen molar-refractivity contribution in [2.45, 2.75) is 37.9 Å². The fourth-order valence-electron chi connectivity index (χ4n) is 3.23. The van der Waals surface area contributed by atoms with Gasteiger partial charge in [0.2, 0.25) is 0 Å². The van der Waals surface area contributed by atoms with Crippen molar-refractivity contribution in [1.82, 2.24) is 15.2 Å². The number of piperidine rings is 1. The van der Waals surface area contributed by atoms with Crippen LogP contribution in [0.25, 0.3) is 0 Å². The zero-order valence-electron chi connectivity index (χ0n) is 12.7. The second-order valence-electron chi connectivity index (χ2n) is 6.30. The SMILES string of the molecule is CN1CCC(CN(C)CC2CCC(C(=O)NN)O2)CC1. The number of hydrazine groups is 1. The molecule has 0 aromatic carbocycles. The number of amides is 1. The summed E-state index contributed by atoms with van der Waals surface area (Å²) in [5.74, 6) is 5.73. The lowest BCUT2D eigenvalue weighted by Gasteiger charge is -2.32. The summed E-state index contributed by atoms with van der Waals surface area (Å²) in [7, 11) is 4.34. The van der Waals surface area contributed by atoms with Gasteiger partial charge in [0.1, 0.15) is 6.10 Å². The lowest BCUT2D eigenvalue weighted by Crippen LogP contribution is -2.40. The molecule has 116 valence electrons. The predicted molar refractivity (Wildman–Crippen MR) is 77.9 cm³/mol. The highest BCUT2D eigenvalue weighted by Crippen LogP contribution is 2.22. The normalized spacial score (nSPS) is 29.0. The van der Waals surface area contributed by atoms with Gasteiger partial charge in [0, 0.05) is 13.1 Å². The van der Waals surface area contributed by atoms with Crippen LogP contribution in [0.5, 0.6) is 0 Å². The minimum absolute atomic E-state index is 0.161. The summed E-state index contributed by atoms with van der Waals surface area (Å²) in [6, 6.07) is 0. The molecule has 2 atom stereocenters. The molecular formula is C14H28N4O2. The Labute approximate surface area is 121 Å². The van der Waals surface area contributed by atoms with Crippen LogP contribution in [0.4, 0.5) is 0 Å². The van der Waals surface area contributed by atoms with E-state index in [2.05, 4.69) is 29.3 Å². The Hall–Kier alpha value is -0.690. The number of likely N-dealkylation sites (tertiary alicyclic amines) is 1. The molecule has 2 fully saturated rings. The Morgan fingerprint density at radius 1 is 1.30 bits per heavy atom. The minimum Gasteiger partial charge on any atom is -0.364 e. The van der Waals surface area contributed by atoms with E-state index in [4.69, 9.17) is 10.6 Å². The first-order valence-electron chi connectivity index (χ1n) is 7.61. The van der Waals surface area contributed by atoms with Crippen molar-refractivity contribution in [1.29, 1.82) is 0 Å². The molecule has 0 aromatic heterocycles. The van der Waals surface area contributed by atoms with Crippen molar-refractivity contribution in [2.24, 2.45) is 11.8 Å². The lowest BCUT2D eigenvalue weighted by molar-refractivity contribution is -0.132. The van der Waals surface area contributed by atoms with E-state index >= 15 is 0 Å². The summed E-state index contributed by atoms with van der Waals surface area (Å²) in [5.41, 5.74) is 2.17. The van der Waals surface area contributed by atoms with Gasteiger partial charge in [0.15, 0.2) is 0 Å². The fourth-order valence-corrected chi connectivity index (χ4v) is 3.23. The summed E-state index contributed by atoms with van der Waals surface area (Å²) in [4.78, 5) is 16.2. The maximum atomic E-state index is 11.4. The molecule has 2 saturated heterocycles. The number of hydrogen-bond donors (Lipinski definition) is 2. The Bertz CT molecular complexity index is 318. The molecule has 0 spiro atoms. The van der Waals surface area contributed by atoms with E-state index in [1.54, 1.807) is 0 Å². The number of nitrogens with two attached hydrogens (primary N) is 1. The maximum Gasteiger partial charge on any atom is 0.263 e. The largest absolute Gasteiger partial charge is 0.364 e. The first-order chi connectivity index (χ1) is 9.58. The highest BCUT2D eigenvalue weighted by molar-refractivity contribution is 5.80. The average molecular weight is 284 g/mol. The lowest BCUT2D eigenvalue weighted by atomic mass is 9.96.